The van der Waals surface area contributed by atoms with Crippen LogP contribution in [0.15, 0.2) is 16.7 Å². The first-order chi connectivity index (χ1) is 9.61. The van der Waals surface area contributed by atoms with Crippen molar-refractivity contribution in [2.45, 2.75) is 51.5 Å². The Kier molecular flexibility index (Phi) is 5.34. The van der Waals surface area contributed by atoms with Crippen LogP contribution in [0.3, 0.4) is 0 Å². The number of hydrogen-bond donors (Lipinski definition) is 0. The van der Waals surface area contributed by atoms with Gasteiger partial charge in [0, 0.05) is 18.7 Å². The Morgan fingerprint density at radius 3 is 2.70 bits per heavy atom. The molecule has 0 bridgehead atoms. The quantitative estimate of drug-likeness (QED) is 0.455. The fraction of sp³-hybridized carbons (Fsp3) is 0.643. The Hall–Kier alpha value is -1.17. The van der Waals surface area contributed by atoms with E-state index in [1.807, 2.05) is 0 Å². The molecule has 6 heteroatoms. The molecule has 0 aliphatic heterocycles. The maximum Gasteiger partial charge on any atom is 0.275 e. The van der Waals surface area contributed by atoms with E-state index >= 15 is 0 Å². The van der Waals surface area contributed by atoms with Gasteiger partial charge in [0.1, 0.15) is 10.4 Å². The summed E-state index contributed by atoms with van der Waals surface area (Å²) in [7, 11) is 0. The minimum atomic E-state index is -0.360. The molecule has 0 amide bonds. The van der Waals surface area contributed by atoms with Crippen molar-refractivity contribution < 1.29 is 4.92 Å². The minimum absolute atomic E-state index is 0.0961. The lowest BCUT2D eigenvalue weighted by Crippen LogP contribution is -2.38. The van der Waals surface area contributed by atoms with Gasteiger partial charge in [-0.1, -0.05) is 26.2 Å². The maximum absolute atomic E-state index is 11.0. The van der Waals surface area contributed by atoms with Crippen molar-refractivity contribution in [3.63, 3.8) is 0 Å². The number of aromatic nitrogens is 1. The maximum atomic E-state index is 11.0. The summed E-state index contributed by atoms with van der Waals surface area (Å²) in [4.78, 5) is 17.3. The lowest BCUT2D eigenvalue weighted by molar-refractivity contribution is -0.384. The molecule has 5 nitrogen and oxygen atoms in total. The number of nitro groups is 1. The summed E-state index contributed by atoms with van der Waals surface area (Å²) in [6.07, 6.45) is 7.09. The van der Waals surface area contributed by atoms with Gasteiger partial charge in [0.05, 0.1) is 11.0 Å². The molecule has 20 heavy (non-hydrogen) atoms. The van der Waals surface area contributed by atoms with E-state index in [4.69, 9.17) is 0 Å². The van der Waals surface area contributed by atoms with Crippen molar-refractivity contribution in [1.82, 2.24) is 4.98 Å². The zero-order valence-electron chi connectivity index (χ0n) is 11.7. The van der Waals surface area contributed by atoms with Crippen LogP contribution in [-0.4, -0.2) is 22.5 Å². The van der Waals surface area contributed by atoms with Crippen LogP contribution >= 0.6 is 15.9 Å². The molecule has 1 heterocycles. The molecular formula is C14H20BrN3O2. The van der Waals surface area contributed by atoms with Crippen molar-refractivity contribution in [2.75, 3.05) is 11.4 Å². The molecule has 1 aliphatic rings. The molecule has 0 saturated heterocycles. The first-order valence-electron chi connectivity index (χ1n) is 7.20. The van der Waals surface area contributed by atoms with Crippen molar-refractivity contribution in [1.29, 1.82) is 0 Å². The third kappa shape index (κ3) is 3.69. The second kappa shape index (κ2) is 7.02. The Morgan fingerprint density at radius 1 is 1.40 bits per heavy atom. The van der Waals surface area contributed by atoms with Crippen LogP contribution in [0.1, 0.15) is 45.4 Å². The smallest absolute Gasteiger partial charge is 0.275 e. The summed E-state index contributed by atoms with van der Waals surface area (Å²) >= 11 is 3.28. The van der Waals surface area contributed by atoms with Gasteiger partial charge in [-0.3, -0.25) is 10.1 Å². The molecule has 0 aromatic carbocycles. The summed E-state index contributed by atoms with van der Waals surface area (Å²) in [5, 5.41) is 11.0. The van der Waals surface area contributed by atoms with E-state index < -0.39 is 0 Å². The number of halogens is 1. The van der Waals surface area contributed by atoms with Gasteiger partial charge in [-0.15, -0.1) is 0 Å². The molecular weight excluding hydrogens is 322 g/mol. The lowest BCUT2D eigenvalue weighted by Gasteiger charge is -2.35. The van der Waals surface area contributed by atoms with Crippen LogP contribution in [0, 0.1) is 10.1 Å². The van der Waals surface area contributed by atoms with Crippen molar-refractivity contribution in [3.05, 3.63) is 26.9 Å². The Balaban J connectivity index is 2.30. The third-order valence-electron chi connectivity index (χ3n) is 3.75. The second-order valence-electron chi connectivity index (χ2n) is 5.25. The van der Waals surface area contributed by atoms with E-state index in [1.165, 1.54) is 25.3 Å². The van der Waals surface area contributed by atoms with Gasteiger partial charge in [-0.2, -0.15) is 0 Å². The Labute approximate surface area is 127 Å². The normalized spacial score (nSPS) is 16.1. The Morgan fingerprint density at radius 2 is 2.10 bits per heavy atom. The number of pyridine rings is 1. The van der Waals surface area contributed by atoms with Crippen LogP contribution in [0.5, 0.6) is 0 Å². The van der Waals surface area contributed by atoms with Crippen LogP contribution in [-0.2, 0) is 0 Å². The van der Waals surface area contributed by atoms with Gasteiger partial charge in [0.25, 0.3) is 5.69 Å². The fourth-order valence-electron chi connectivity index (χ4n) is 2.84. The van der Waals surface area contributed by atoms with Crippen LogP contribution in [0.25, 0.3) is 0 Å². The van der Waals surface area contributed by atoms with Crippen LogP contribution in [0.4, 0.5) is 11.5 Å². The average molecular weight is 342 g/mol. The largest absolute Gasteiger partial charge is 0.353 e. The van der Waals surface area contributed by atoms with Gasteiger partial charge in [-0.25, -0.2) is 4.98 Å². The predicted octanol–water partition coefficient (Wildman–Crippen LogP) is 4.30. The molecule has 1 aromatic rings. The summed E-state index contributed by atoms with van der Waals surface area (Å²) < 4.78 is 0.526. The lowest BCUT2D eigenvalue weighted by atomic mass is 9.94. The van der Waals surface area contributed by atoms with Gasteiger partial charge in [-0.05, 0) is 35.2 Å². The third-order valence-corrected chi connectivity index (χ3v) is 4.16. The van der Waals surface area contributed by atoms with E-state index in [9.17, 15) is 10.1 Å². The molecule has 0 N–H and O–H groups in total. The predicted molar refractivity (Wildman–Crippen MR) is 83.1 cm³/mol. The van der Waals surface area contributed by atoms with E-state index in [1.54, 1.807) is 6.07 Å². The molecule has 110 valence electrons. The van der Waals surface area contributed by atoms with Gasteiger partial charge < -0.3 is 4.90 Å². The molecule has 0 atom stereocenters. The van der Waals surface area contributed by atoms with Crippen LogP contribution in [0.2, 0.25) is 0 Å². The molecule has 1 saturated carbocycles. The molecule has 0 spiro atoms. The van der Waals surface area contributed by atoms with E-state index in [-0.39, 0.29) is 10.6 Å². The SMILES string of the molecule is CCCN(c1cc([N+](=O)[O-])cc(Br)n1)C1CCCCC1. The molecule has 1 aromatic heterocycles. The highest BCUT2D eigenvalue weighted by atomic mass is 79.9. The summed E-state index contributed by atoms with van der Waals surface area (Å²) in [5.74, 6) is 0.722. The first-order valence-corrected chi connectivity index (χ1v) is 7.99. The summed E-state index contributed by atoms with van der Waals surface area (Å²) in [6, 6.07) is 3.51. The zero-order chi connectivity index (χ0) is 14.5. The van der Waals surface area contributed by atoms with Crippen LogP contribution < -0.4 is 4.90 Å². The van der Waals surface area contributed by atoms with E-state index in [0.29, 0.717) is 10.6 Å². The first kappa shape index (κ1) is 15.2. The van der Waals surface area contributed by atoms with Crippen molar-refractivity contribution in [3.8, 4) is 0 Å². The molecule has 0 radical (unpaired) electrons. The van der Waals surface area contributed by atoms with E-state index in [0.717, 1.165) is 31.6 Å². The monoisotopic (exact) mass is 341 g/mol. The van der Waals surface area contributed by atoms with Gasteiger partial charge in [0.2, 0.25) is 0 Å². The van der Waals surface area contributed by atoms with Crippen molar-refractivity contribution in [2.24, 2.45) is 0 Å². The standard InChI is InChI=1S/C14H20BrN3O2/c1-2-8-17(11-6-4-3-5-7-11)14-10-12(18(19)20)9-13(15)16-14/h9-11H,2-8H2,1H3. The topological polar surface area (TPSA) is 59.3 Å². The number of anilines is 1. The second-order valence-corrected chi connectivity index (χ2v) is 6.06. The summed E-state index contributed by atoms with van der Waals surface area (Å²) in [6.45, 7) is 3.02. The highest BCUT2D eigenvalue weighted by Crippen LogP contribution is 2.30. The van der Waals surface area contributed by atoms with Gasteiger partial charge in [0.15, 0.2) is 0 Å². The van der Waals surface area contributed by atoms with E-state index in [2.05, 4.69) is 32.7 Å². The number of hydrogen-bond acceptors (Lipinski definition) is 4. The Bertz CT molecular complexity index is 475. The van der Waals surface area contributed by atoms with Gasteiger partial charge >= 0.3 is 0 Å². The average Bonchev–Trinajstić information content (AvgIpc) is 2.45. The highest BCUT2D eigenvalue weighted by Gasteiger charge is 2.23. The zero-order valence-corrected chi connectivity index (χ0v) is 13.3. The van der Waals surface area contributed by atoms with Crippen molar-refractivity contribution >= 4 is 27.4 Å². The number of nitrogens with zero attached hydrogens (tertiary/aromatic N) is 3. The molecule has 2 rings (SSSR count). The minimum Gasteiger partial charge on any atom is -0.353 e. The molecule has 1 aliphatic carbocycles. The summed E-state index contributed by atoms with van der Waals surface area (Å²) in [5.41, 5.74) is 0.0961. The fourth-order valence-corrected chi connectivity index (χ4v) is 3.26. The highest BCUT2D eigenvalue weighted by molar-refractivity contribution is 9.10. The molecule has 1 fully saturated rings. The molecule has 0 unspecified atom stereocenters. The number of rotatable bonds is 5.